The lowest BCUT2D eigenvalue weighted by molar-refractivity contribution is -0.131. The third-order valence-corrected chi connectivity index (χ3v) is 2.00. The molecule has 0 fully saturated rings. The fraction of sp³-hybridized carbons (Fsp3) is 0.364. The molecule has 0 radical (unpaired) electrons. The maximum atomic E-state index is 11.1. The van der Waals surface area contributed by atoms with E-state index in [1.54, 1.807) is 18.2 Å². The van der Waals surface area contributed by atoms with Gasteiger partial charge < -0.3 is 9.47 Å². The molecule has 0 atom stereocenters. The van der Waals surface area contributed by atoms with Crippen LogP contribution in [0.2, 0.25) is 0 Å². The largest absolute Gasteiger partial charge is 0.487 e. The van der Waals surface area contributed by atoms with Crippen LogP contribution in [0.25, 0.3) is 0 Å². The second-order valence-electron chi connectivity index (χ2n) is 3.22. The van der Waals surface area contributed by atoms with Gasteiger partial charge in [0.2, 0.25) is 0 Å². The van der Waals surface area contributed by atoms with Crippen molar-refractivity contribution in [1.82, 2.24) is 0 Å². The molecule has 0 aromatic heterocycles. The van der Waals surface area contributed by atoms with Crippen molar-refractivity contribution in [2.75, 3.05) is 5.33 Å². The first kappa shape index (κ1) is 12.0. The second kappa shape index (κ2) is 5.75. The highest BCUT2D eigenvalue weighted by Crippen LogP contribution is 2.27. The van der Waals surface area contributed by atoms with Crippen molar-refractivity contribution in [3.63, 3.8) is 0 Å². The highest BCUT2D eigenvalue weighted by Gasteiger charge is 2.09. The van der Waals surface area contributed by atoms with E-state index in [1.807, 2.05) is 19.9 Å². The number of para-hydroxylation sites is 2. The average molecular weight is 273 g/mol. The van der Waals surface area contributed by atoms with Gasteiger partial charge in [-0.2, -0.15) is 0 Å². The summed E-state index contributed by atoms with van der Waals surface area (Å²) in [6, 6.07) is 7.11. The lowest BCUT2D eigenvalue weighted by Crippen LogP contribution is -2.11. The van der Waals surface area contributed by atoms with E-state index in [9.17, 15) is 4.79 Å². The second-order valence-corrected chi connectivity index (χ2v) is 3.78. The van der Waals surface area contributed by atoms with Gasteiger partial charge in [0.15, 0.2) is 11.5 Å². The third-order valence-electron chi connectivity index (χ3n) is 1.54. The minimum atomic E-state index is -0.338. The number of rotatable bonds is 4. The van der Waals surface area contributed by atoms with Crippen LogP contribution in [0.5, 0.6) is 11.5 Å². The van der Waals surface area contributed by atoms with Crippen molar-refractivity contribution < 1.29 is 14.3 Å². The Morgan fingerprint density at radius 3 is 2.47 bits per heavy atom. The molecule has 3 nitrogen and oxygen atoms in total. The van der Waals surface area contributed by atoms with E-state index in [4.69, 9.17) is 9.47 Å². The molecule has 0 N–H and O–H groups in total. The zero-order chi connectivity index (χ0) is 11.3. The summed E-state index contributed by atoms with van der Waals surface area (Å²) in [6.45, 7) is 3.84. The SMILES string of the molecule is CC(C)Oc1ccccc1OC(=O)CBr. The summed E-state index contributed by atoms with van der Waals surface area (Å²) in [7, 11) is 0. The van der Waals surface area contributed by atoms with E-state index < -0.39 is 0 Å². The van der Waals surface area contributed by atoms with Crippen LogP contribution in [0, 0.1) is 0 Å². The molecule has 0 spiro atoms. The molecule has 15 heavy (non-hydrogen) atoms. The Labute approximate surface area is 97.5 Å². The van der Waals surface area contributed by atoms with Gasteiger partial charge in [-0.1, -0.05) is 28.1 Å². The fourth-order valence-corrected chi connectivity index (χ4v) is 1.15. The van der Waals surface area contributed by atoms with Gasteiger partial charge in [0.05, 0.1) is 6.10 Å². The molecule has 1 aromatic rings. The van der Waals surface area contributed by atoms with Crippen molar-refractivity contribution in [3.8, 4) is 11.5 Å². The summed E-state index contributed by atoms with van der Waals surface area (Å²) in [4.78, 5) is 11.1. The number of esters is 1. The summed E-state index contributed by atoms with van der Waals surface area (Å²) in [6.07, 6.45) is 0.0498. The lowest BCUT2D eigenvalue weighted by Gasteiger charge is -2.13. The molecule has 0 saturated carbocycles. The number of hydrogen-bond donors (Lipinski definition) is 0. The van der Waals surface area contributed by atoms with Crippen molar-refractivity contribution in [2.24, 2.45) is 0 Å². The smallest absolute Gasteiger partial charge is 0.322 e. The molecule has 0 unspecified atom stereocenters. The van der Waals surface area contributed by atoms with E-state index in [1.165, 1.54) is 0 Å². The number of carbonyl (C=O) groups is 1. The Morgan fingerprint density at radius 1 is 1.33 bits per heavy atom. The number of alkyl halides is 1. The molecular formula is C11H13BrO3. The molecule has 1 aromatic carbocycles. The number of benzene rings is 1. The quantitative estimate of drug-likeness (QED) is 0.480. The van der Waals surface area contributed by atoms with Gasteiger partial charge in [-0.05, 0) is 26.0 Å². The summed E-state index contributed by atoms with van der Waals surface area (Å²) in [5, 5.41) is 0.170. The van der Waals surface area contributed by atoms with Crippen LogP contribution < -0.4 is 9.47 Å². The van der Waals surface area contributed by atoms with Crippen LogP contribution >= 0.6 is 15.9 Å². The molecule has 0 aliphatic rings. The molecule has 0 saturated heterocycles. The van der Waals surface area contributed by atoms with Crippen LogP contribution in [-0.4, -0.2) is 17.4 Å². The summed E-state index contributed by atoms with van der Waals surface area (Å²) in [5.41, 5.74) is 0. The molecule has 0 amide bonds. The maximum Gasteiger partial charge on any atom is 0.322 e. The highest BCUT2D eigenvalue weighted by molar-refractivity contribution is 9.09. The van der Waals surface area contributed by atoms with Gasteiger partial charge in [-0.15, -0.1) is 0 Å². The average Bonchev–Trinajstić information content (AvgIpc) is 2.20. The van der Waals surface area contributed by atoms with E-state index in [2.05, 4.69) is 15.9 Å². The fourth-order valence-electron chi connectivity index (χ4n) is 1.04. The highest BCUT2D eigenvalue weighted by atomic mass is 79.9. The summed E-state index contributed by atoms with van der Waals surface area (Å²) < 4.78 is 10.6. The number of hydrogen-bond acceptors (Lipinski definition) is 3. The van der Waals surface area contributed by atoms with E-state index in [0.717, 1.165) is 0 Å². The normalized spacial score (nSPS) is 10.1. The minimum Gasteiger partial charge on any atom is -0.487 e. The predicted molar refractivity (Wildman–Crippen MR) is 61.6 cm³/mol. The molecule has 4 heteroatoms. The predicted octanol–water partition coefficient (Wildman–Crippen LogP) is 2.77. The van der Waals surface area contributed by atoms with Crippen molar-refractivity contribution in [3.05, 3.63) is 24.3 Å². The number of halogens is 1. The molecule has 0 aliphatic carbocycles. The summed E-state index contributed by atoms with van der Waals surface area (Å²) in [5.74, 6) is 0.701. The van der Waals surface area contributed by atoms with Gasteiger partial charge in [0, 0.05) is 0 Å². The van der Waals surface area contributed by atoms with E-state index >= 15 is 0 Å². The molecule has 0 aliphatic heterocycles. The summed E-state index contributed by atoms with van der Waals surface area (Å²) >= 11 is 3.03. The Hall–Kier alpha value is -1.03. The Morgan fingerprint density at radius 2 is 1.93 bits per heavy atom. The van der Waals surface area contributed by atoms with Crippen LogP contribution in [0.3, 0.4) is 0 Å². The van der Waals surface area contributed by atoms with Gasteiger partial charge >= 0.3 is 5.97 Å². The molecule has 82 valence electrons. The van der Waals surface area contributed by atoms with Crippen molar-refractivity contribution in [1.29, 1.82) is 0 Å². The molecule has 1 rings (SSSR count). The third kappa shape index (κ3) is 3.91. The molecule has 0 bridgehead atoms. The Kier molecular flexibility index (Phi) is 4.62. The van der Waals surface area contributed by atoms with E-state index in [-0.39, 0.29) is 17.4 Å². The first-order valence-corrected chi connectivity index (χ1v) is 5.78. The Bertz CT molecular complexity index is 336. The zero-order valence-corrected chi connectivity index (χ0v) is 10.3. The van der Waals surface area contributed by atoms with Crippen LogP contribution in [-0.2, 0) is 4.79 Å². The minimum absolute atomic E-state index is 0.0498. The van der Waals surface area contributed by atoms with Crippen LogP contribution in [0.15, 0.2) is 24.3 Å². The van der Waals surface area contributed by atoms with Crippen molar-refractivity contribution in [2.45, 2.75) is 20.0 Å². The number of carbonyl (C=O) groups excluding carboxylic acids is 1. The van der Waals surface area contributed by atoms with Gasteiger partial charge in [-0.25, -0.2) is 0 Å². The van der Waals surface area contributed by atoms with Crippen LogP contribution in [0.1, 0.15) is 13.8 Å². The first-order chi connectivity index (χ1) is 7.13. The lowest BCUT2D eigenvalue weighted by atomic mass is 10.3. The zero-order valence-electron chi connectivity index (χ0n) is 8.70. The van der Waals surface area contributed by atoms with Crippen LogP contribution in [0.4, 0.5) is 0 Å². The first-order valence-electron chi connectivity index (χ1n) is 4.66. The number of ether oxygens (including phenoxy) is 2. The van der Waals surface area contributed by atoms with Gasteiger partial charge in [0.1, 0.15) is 5.33 Å². The monoisotopic (exact) mass is 272 g/mol. The molecule has 0 heterocycles. The van der Waals surface area contributed by atoms with Gasteiger partial charge in [0.25, 0.3) is 0 Å². The standard InChI is InChI=1S/C11H13BrO3/c1-8(2)14-9-5-3-4-6-10(9)15-11(13)7-12/h3-6,8H,7H2,1-2H3. The van der Waals surface area contributed by atoms with E-state index in [0.29, 0.717) is 11.5 Å². The topological polar surface area (TPSA) is 35.5 Å². The van der Waals surface area contributed by atoms with Crippen molar-refractivity contribution >= 4 is 21.9 Å². The molecular weight excluding hydrogens is 260 g/mol. The maximum absolute atomic E-state index is 11.1. The van der Waals surface area contributed by atoms with Gasteiger partial charge in [-0.3, -0.25) is 4.79 Å². The Balaban J connectivity index is 2.81.